The number of aromatic nitrogens is 3. The Morgan fingerprint density at radius 1 is 1.47 bits per heavy atom. The summed E-state index contributed by atoms with van der Waals surface area (Å²) in [4.78, 5) is 7.91. The fourth-order valence-electron chi connectivity index (χ4n) is 1.29. The van der Waals surface area contributed by atoms with Gasteiger partial charge in [0.15, 0.2) is 5.03 Å². The van der Waals surface area contributed by atoms with Crippen molar-refractivity contribution < 1.29 is 8.42 Å². The summed E-state index contributed by atoms with van der Waals surface area (Å²) in [5, 5.41) is 2.63. The molecule has 0 amide bonds. The van der Waals surface area contributed by atoms with Crippen LogP contribution >= 0.6 is 11.3 Å². The summed E-state index contributed by atoms with van der Waals surface area (Å²) in [6, 6.07) is 0. The molecule has 0 saturated heterocycles. The highest BCUT2D eigenvalue weighted by Crippen LogP contribution is 2.15. The molecule has 92 valence electrons. The van der Waals surface area contributed by atoms with Gasteiger partial charge in [0.25, 0.3) is 10.0 Å². The molecule has 2 heterocycles. The molecule has 0 aliphatic heterocycles. The van der Waals surface area contributed by atoms with E-state index in [9.17, 15) is 8.42 Å². The van der Waals surface area contributed by atoms with E-state index in [0.29, 0.717) is 0 Å². The third-order valence-electron chi connectivity index (χ3n) is 2.20. The van der Waals surface area contributed by atoms with Gasteiger partial charge in [-0.05, 0) is 0 Å². The van der Waals surface area contributed by atoms with Crippen LogP contribution in [0.2, 0.25) is 0 Å². The molecule has 0 saturated carbocycles. The number of thiazole rings is 1. The van der Waals surface area contributed by atoms with Crippen molar-refractivity contribution in [3.63, 3.8) is 0 Å². The van der Waals surface area contributed by atoms with E-state index < -0.39 is 10.0 Å². The minimum Gasteiger partial charge on any atom is -0.339 e. The maximum Gasteiger partial charge on any atom is 0.262 e. The molecule has 2 aromatic heterocycles. The second kappa shape index (κ2) is 4.55. The summed E-state index contributed by atoms with van der Waals surface area (Å²) in [5.74, 6) is 0. The topological polar surface area (TPSA) is 68.1 Å². The van der Waals surface area contributed by atoms with E-state index >= 15 is 0 Å². The minimum atomic E-state index is -3.53. The third-order valence-corrected chi connectivity index (χ3v) is 4.65. The van der Waals surface area contributed by atoms with Crippen molar-refractivity contribution in [1.29, 1.82) is 0 Å². The Bertz CT molecular complexity index is 588. The molecule has 0 aliphatic rings. The molecule has 0 spiro atoms. The van der Waals surface area contributed by atoms with Crippen LogP contribution in [0.3, 0.4) is 0 Å². The molecule has 0 aliphatic carbocycles. The molecule has 6 nitrogen and oxygen atoms in total. The van der Waals surface area contributed by atoms with Gasteiger partial charge in [0.1, 0.15) is 5.01 Å². The quantitative estimate of drug-likeness (QED) is 0.821. The zero-order valence-electron chi connectivity index (χ0n) is 9.44. The molecule has 0 atom stereocenters. The van der Waals surface area contributed by atoms with Crippen molar-refractivity contribution in [3.8, 4) is 0 Å². The molecule has 17 heavy (non-hydrogen) atoms. The van der Waals surface area contributed by atoms with Crippen molar-refractivity contribution in [2.24, 2.45) is 7.05 Å². The molecule has 2 aromatic rings. The molecule has 0 N–H and O–H groups in total. The monoisotopic (exact) mass is 272 g/mol. The van der Waals surface area contributed by atoms with E-state index in [1.807, 2.05) is 5.38 Å². The number of nitrogens with zero attached hydrogens (tertiary/aromatic N) is 4. The lowest BCUT2D eigenvalue weighted by molar-refractivity contribution is 0.463. The zero-order valence-corrected chi connectivity index (χ0v) is 11.1. The van der Waals surface area contributed by atoms with Crippen LogP contribution in [0.25, 0.3) is 0 Å². The van der Waals surface area contributed by atoms with Gasteiger partial charge in [-0.3, -0.25) is 0 Å². The average Bonchev–Trinajstić information content (AvgIpc) is 2.89. The normalized spacial score (nSPS) is 12.2. The van der Waals surface area contributed by atoms with Crippen LogP contribution < -0.4 is 0 Å². The summed E-state index contributed by atoms with van der Waals surface area (Å²) < 4.78 is 27.0. The Labute approximate surface area is 104 Å². The largest absolute Gasteiger partial charge is 0.339 e. The van der Waals surface area contributed by atoms with Crippen LogP contribution in [0.1, 0.15) is 5.01 Å². The molecule has 2 rings (SSSR count). The second-order valence-electron chi connectivity index (χ2n) is 3.56. The Hall–Kier alpha value is -1.25. The summed E-state index contributed by atoms with van der Waals surface area (Å²) >= 11 is 1.42. The predicted octanol–water partition coefficient (Wildman–Crippen LogP) is 0.697. The molecular formula is C9H12N4O2S2. The average molecular weight is 272 g/mol. The van der Waals surface area contributed by atoms with Crippen molar-refractivity contribution in [1.82, 2.24) is 18.8 Å². The first-order valence-corrected chi connectivity index (χ1v) is 7.15. The van der Waals surface area contributed by atoms with Gasteiger partial charge in [0, 0.05) is 31.9 Å². The first-order valence-electron chi connectivity index (χ1n) is 4.83. The lowest BCUT2D eigenvalue weighted by Crippen LogP contribution is -2.26. The zero-order chi connectivity index (χ0) is 12.5. The maximum atomic E-state index is 12.1. The van der Waals surface area contributed by atoms with Crippen LogP contribution in [0.5, 0.6) is 0 Å². The van der Waals surface area contributed by atoms with Gasteiger partial charge >= 0.3 is 0 Å². The smallest absolute Gasteiger partial charge is 0.262 e. The lowest BCUT2D eigenvalue weighted by Gasteiger charge is -2.13. The fourth-order valence-corrected chi connectivity index (χ4v) is 3.13. The molecule has 0 fully saturated rings. The summed E-state index contributed by atoms with van der Waals surface area (Å²) in [5.41, 5.74) is 0. The minimum absolute atomic E-state index is 0.0547. The Morgan fingerprint density at radius 3 is 2.76 bits per heavy atom. The van der Waals surface area contributed by atoms with E-state index in [2.05, 4.69) is 9.97 Å². The van der Waals surface area contributed by atoms with E-state index in [1.54, 1.807) is 17.8 Å². The molecular weight excluding hydrogens is 260 g/mol. The molecule has 0 unspecified atom stereocenters. The van der Waals surface area contributed by atoms with E-state index in [1.165, 1.54) is 35.2 Å². The van der Waals surface area contributed by atoms with Crippen LogP contribution in [-0.4, -0.2) is 34.3 Å². The van der Waals surface area contributed by atoms with Crippen molar-refractivity contribution in [2.45, 2.75) is 11.6 Å². The summed E-state index contributed by atoms with van der Waals surface area (Å²) in [6.07, 6.45) is 4.60. The highest BCUT2D eigenvalue weighted by atomic mass is 32.2. The Kier molecular flexibility index (Phi) is 3.27. The number of imidazole rings is 1. The third kappa shape index (κ3) is 2.54. The SMILES string of the molecule is CN(Cc1nccs1)S(=O)(=O)c1cn(C)cn1. The summed E-state index contributed by atoms with van der Waals surface area (Å²) in [7, 11) is -0.278. The van der Waals surface area contributed by atoms with Crippen molar-refractivity contribution in [3.05, 3.63) is 29.1 Å². The number of hydrogen-bond donors (Lipinski definition) is 0. The van der Waals surface area contributed by atoms with Crippen molar-refractivity contribution >= 4 is 21.4 Å². The van der Waals surface area contributed by atoms with Crippen LogP contribution in [0.4, 0.5) is 0 Å². The highest BCUT2D eigenvalue weighted by Gasteiger charge is 2.23. The first kappa shape index (κ1) is 12.2. The van der Waals surface area contributed by atoms with Gasteiger partial charge in [0.05, 0.1) is 12.9 Å². The number of sulfonamides is 1. The van der Waals surface area contributed by atoms with E-state index in [4.69, 9.17) is 0 Å². The van der Waals surface area contributed by atoms with Crippen LogP contribution in [0, 0.1) is 0 Å². The van der Waals surface area contributed by atoms with Crippen LogP contribution in [-0.2, 0) is 23.6 Å². The van der Waals surface area contributed by atoms with Crippen molar-refractivity contribution in [2.75, 3.05) is 7.05 Å². The molecule has 0 bridgehead atoms. The maximum absolute atomic E-state index is 12.1. The second-order valence-corrected chi connectivity index (χ2v) is 6.54. The predicted molar refractivity (Wildman–Crippen MR) is 64.0 cm³/mol. The number of aryl methyl sites for hydroxylation is 1. The van der Waals surface area contributed by atoms with E-state index in [-0.39, 0.29) is 11.6 Å². The van der Waals surface area contributed by atoms with E-state index in [0.717, 1.165) is 5.01 Å². The Morgan fingerprint density at radius 2 is 2.24 bits per heavy atom. The van der Waals surface area contributed by atoms with Gasteiger partial charge in [-0.25, -0.2) is 18.4 Å². The molecule has 8 heteroatoms. The number of hydrogen-bond acceptors (Lipinski definition) is 5. The highest BCUT2D eigenvalue weighted by molar-refractivity contribution is 7.89. The first-order chi connectivity index (χ1) is 8.00. The van der Waals surface area contributed by atoms with Gasteiger partial charge in [-0.2, -0.15) is 4.31 Å². The van der Waals surface area contributed by atoms with Gasteiger partial charge in [-0.1, -0.05) is 0 Å². The van der Waals surface area contributed by atoms with Gasteiger partial charge < -0.3 is 4.57 Å². The van der Waals surface area contributed by atoms with Gasteiger partial charge in [0.2, 0.25) is 0 Å². The Balaban J connectivity index is 2.21. The fraction of sp³-hybridized carbons (Fsp3) is 0.333. The van der Waals surface area contributed by atoms with Crippen LogP contribution in [0.15, 0.2) is 29.1 Å². The lowest BCUT2D eigenvalue weighted by atomic mass is 10.7. The van der Waals surface area contributed by atoms with Gasteiger partial charge in [-0.15, -0.1) is 11.3 Å². The summed E-state index contributed by atoms with van der Waals surface area (Å²) in [6.45, 7) is 0.260. The molecule has 0 aromatic carbocycles. The number of rotatable bonds is 4. The standard InChI is InChI=1S/C9H12N4O2S2/c1-12-6-9(11-7-12)17(14,15)13(2)5-8-10-3-4-16-8/h3-4,6-7H,5H2,1-2H3. The molecule has 0 radical (unpaired) electrons.